The van der Waals surface area contributed by atoms with E-state index in [2.05, 4.69) is 17.7 Å². The SMILES string of the molecule is [B][C@@H]1O[C@H](COP(=O)(O)OP(=O)([O-])CP(=O)([O-])OP(=O)(O)OC[C@H]2O[C@@H](C)[CH-][C@H]2O)C(O)C1C.[Y]. The average molecular weight is 660 g/mol. The van der Waals surface area contributed by atoms with Crippen LogP contribution in [0.15, 0.2) is 0 Å². The normalized spacial score (nSPS) is 38.0. The van der Waals surface area contributed by atoms with Gasteiger partial charge >= 0.3 is 15.6 Å². The smallest absolute Gasteiger partial charge is 0.477 e. The molecule has 2 aliphatic rings. The number of hydrogen-bond donors (Lipinski definition) is 4. The Balaban J connectivity index is 0.00000612. The summed E-state index contributed by atoms with van der Waals surface area (Å²) in [5, 5.41) is 19.5. The summed E-state index contributed by atoms with van der Waals surface area (Å²) in [6.07, 6.45) is -3.88. The van der Waals surface area contributed by atoms with Crippen LogP contribution in [-0.2, 0) is 78.1 Å². The van der Waals surface area contributed by atoms with Gasteiger partial charge in [0.25, 0.3) is 0 Å². The zero-order valence-electron chi connectivity index (χ0n) is 18.4. The van der Waals surface area contributed by atoms with Gasteiger partial charge in [-0.15, -0.1) is 0 Å². The topological polar surface area (TPSA) is 251 Å². The molecule has 2 rings (SSSR count). The van der Waals surface area contributed by atoms with Crippen molar-refractivity contribution in [2.24, 2.45) is 5.92 Å². The van der Waals surface area contributed by atoms with Crippen molar-refractivity contribution in [3.05, 3.63) is 6.42 Å². The summed E-state index contributed by atoms with van der Waals surface area (Å²) in [6.45, 7) is 1.47. The van der Waals surface area contributed by atoms with Crippen LogP contribution in [-0.4, -0.2) is 83.5 Å². The van der Waals surface area contributed by atoms with Crippen molar-refractivity contribution in [3.8, 4) is 0 Å². The van der Waals surface area contributed by atoms with Crippen LogP contribution in [0.2, 0.25) is 0 Å². The van der Waals surface area contributed by atoms with Gasteiger partial charge in [-0.2, -0.15) is 0 Å². The molecule has 16 nitrogen and oxygen atoms in total. The van der Waals surface area contributed by atoms with Crippen molar-refractivity contribution in [1.29, 1.82) is 0 Å². The molecule has 11 atom stereocenters. The zero-order chi connectivity index (χ0) is 26.1. The maximum absolute atomic E-state index is 11.9. The second-order valence-corrected chi connectivity index (χ2v) is 14.9. The monoisotopic (exact) mass is 660 g/mol. The third kappa shape index (κ3) is 11.3. The van der Waals surface area contributed by atoms with Gasteiger partial charge in [-0.3, -0.25) is 15.5 Å². The fourth-order valence-electron chi connectivity index (χ4n) is 2.98. The molecule has 3 radical (unpaired) electrons. The van der Waals surface area contributed by atoms with E-state index in [0.717, 1.165) is 0 Å². The number of hydrogen-bond acceptors (Lipinski definition) is 14. The van der Waals surface area contributed by atoms with Gasteiger partial charge in [-0.25, -0.2) is 17.8 Å². The van der Waals surface area contributed by atoms with Crippen molar-refractivity contribution in [2.75, 3.05) is 19.1 Å². The minimum Gasteiger partial charge on any atom is -0.778 e. The van der Waals surface area contributed by atoms with Crippen LogP contribution in [0.3, 0.4) is 0 Å². The predicted octanol–water partition coefficient (Wildman–Crippen LogP) is -1.44. The van der Waals surface area contributed by atoms with Crippen LogP contribution >= 0.6 is 30.8 Å². The van der Waals surface area contributed by atoms with Gasteiger partial charge in [0.2, 0.25) is 0 Å². The molecule has 0 saturated carbocycles. The van der Waals surface area contributed by atoms with Crippen LogP contribution in [0.25, 0.3) is 0 Å². The number of phosphoric acid groups is 2. The third-order valence-electron chi connectivity index (χ3n) is 4.61. The second kappa shape index (κ2) is 13.3. The van der Waals surface area contributed by atoms with Gasteiger partial charge in [0.1, 0.15) is 14.0 Å². The molecule has 22 heteroatoms. The molecule has 0 spiro atoms. The summed E-state index contributed by atoms with van der Waals surface area (Å²) in [4.78, 5) is 43.0. The van der Waals surface area contributed by atoms with Crippen molar-refractivity contribution >= 4 is 38.7 Å². The number of aliphatic hydroxyl groups excluding tert-OH is 2. The maximum Gasteiger partial charge on any atom is 0.477 e. The largest absolute Gasteiger partial charge is 0.778 e. The second-order valence-electron chi connectivity index (χ2n) is 7.61. The summed E-state index contributed by atoms with van der Waals surface area (Å²) in [5.74, 6) is -2.68. The molecular formula is C13H24BO16P4Y-3. The van der Waals surface area contributed by atoms with Crippen molar-refractivity contribution in [3.63, 3.8) is 0 Å². The Labute approximate surface area is 227 Å². The first-order valence-corrected chi connectivity index (χ1v) is 16.0. The molecule has 2 saturated heterocycles. The Bertz CT molecular complexity index is 909. The maximum atomic E-state index is 11.9. The molecule has 0 aromatic rings. The van der Waals surface area contributed by atoms with Crippen LogP contribution < -0.4 is 9.79 Å². The third-order valence-corrected chi connectivity index (χ3v) is 12.0. The van der Waals surface area contributed by atoms with E-state index in [1.807, 2.05) is 0 Å². The molecular weight excluding hydrogens is 636 g/mol. The molecule has 2 fully saturated rings. The van der Waals surface area contributed by atoms with Crippen molar-refractivity contribution < 1.29 is 108 Å². The summed E-state index contributed by atoms with van der Waals surface area (Å²) in [6, 6.07) is -0.918. The molecule has 4 N–H and O–H groups in total. The number of aliphatic hydroxyl groups is 2. The van der Waals surface area contributed by atoms with E-state index in [4.69, 9.17) is 17.3 Å². The predicted molar refractivity (Wildman–Crippen MR) is 108 cm³/mol. The van der Waals surface area contributed by atoms with Crippen LogP contribution in [0.4, 0.5) is 0 Å². The van der Waals surface area contributed by atoms with Gasteiger partial charge in [0.05, 0.1) is 31.3 Å². The van der Waals surface area contributed by atoms with Gasteiger partial charge in [0, 0.05) is 44.6 Å². The van der Waals surface area contributed by atoms with E-state index in [-0.39, 0.29) is 32.7 Å². The molecule has 0 amide bonds. The summed E-state index contributed by atoms with van der Waals surface area (Å²) < 4.78 is 74.4. The standard InChI is InChI=1S/C13H26BO16P4.Y/c1-7-3-9(15)10(27-7)4-25-33(21,22)29-31(17,18)6-32(19,20)30-34(23,24)26-5-11-12(16)8(2)13(14)28-11;/h3,7-13,15-16H,4-6H2,1-2H3,(H,17,18)(H,19,20)(H,21,22)(H,23,24);/q-1;/p-2/t7-,8?,9+,10+,11+,12?,13+;/m0./s1. The van der Waals surface area contributed by atoms with E-state index in [1.54, 1.807) is 6.92 Å². The molecule has 2 heterocycles. The molecule has 0 aromatic carbocycles. The summed E-state index contributed by atoms with van der Waals surface area (Å²) in [5.41, 5.74) is 0. The van der Waals surface area contributed by atoms with E-state index in [0.29, 0.717) is 0 Å². The van der Waals surface area contributed by atoms with E-state index < -0.39 is 92.4 Å². The van der Waals surface area contributed by atoms with E-state index in [9.17, 15) is 48.0 Å². The Morgan fingerprint density at radius 2 is 1.37 bits per heavy atom. The van der Waals surface area contributed by atoms with Crippen LogP contribution in [0.1, 0.15) is 13.8 Å². The van der Waals surface area contributed by atoms with Crippen LogP contribution in [0.5, 0.6) is 0 Å². The van der Waals surface area contributed by atoms with Gasteiger partial charge in [-0.1, -0.05) is 20.0 Å². The zero-order valence-corrected chi connectivity index (χ0v) is 24.8. The van der Waals surface area contributed by atoms with Gasteiger partial charge < -0.3 is 48.4 Å². The Hall–Kier alpha value is 1.61. The van der Waals surface area contributed by atoms with Crippen molar-refractivity contribution in [1.82, 2.24) is 0 Å². The molecule has 201 valence electrons. The van der Waals surface area contributed by atoms with E-state index in [1.165, 1.54) is 13.3 Å². The fourth-order valence-corrected chi connectivity index (χ4v) is 9.58. The van der Waals surface area contributed by atoms with Crippen LogP contribution in [0, 0.1) is 12.3 Å². The van der Waals surface area contributed by atoms with E-state index >= 15 is 0 Å². The molecule has 6 unspecified atom stereocenters. The summed E-state index contributed by atoms with van der Waals surface area (Å²) >= 11 is 0. The number of phosphoric ester groups is 2. The Morgan fingerprint density at radius 3 is 1.74 bits per heavy atom. The first-order valence-electron chi connectivity index (χ1n) is 9.56. The van der Waals surface area contributed by atoms with Gasteiger partial charge in [-0.05, 0) is 6.10 Å². The minimum absolute atomic E-state index is 0. The van der Waals surface area contributed by atoms with Gasteiger partial charge in [0.15, 0.2) is 15.2 Å². The minimum atomic E-state index is -5.75. The summed E-state index contributed by atoms with van der Waals surface area (Å²) in [7, 11) is -16.8. The number of ether oxygens (including phenoxy) is 2. The Kier molecular flexibility index (Phi) is 13.2. The Morgan fingerprint density at radius 1 is 0.914 bits per heavy atom. The number of rotatable bonds is 12. The molecule has 0 bridgehead atoms. The molecule has 0 aromatic heterocycles. The fraction of sp³-hybridized carbons (Fsp3) is 0.923. The first kappa shape index (κ1) is 34.6. The molecule has 35 heavy (non-hydrogen) atoms. The quantitative estimate of drug-likeness (QED) is 0.106. The average Bonchev–Trinajstić information content (AvgIpc) is 3.07. The van der Waals surface area contributed by atoms with Crippen molar-refractivity contribution in [2.45, 2.75) is 50.4 Å². The molecule has 2 aliphatic heterocycles. The first-order chi connectivity index (χ1) is 15.3. The molecule has 0 aliphatic carbocycles.